The van der Waals surface area contributed by atoms with Gasteiger partial charge < -0.3 is 10.6 Å². The van der Waals surface area contributed by atoms with Gasteiger partial charge in [-0.15, -0.1) is 0 Å². The van der Waals surface area contributed by atoms with Crippen molar-refractivity contribution in [3.63, 3.8) is 0 Å². The second-order valence-electron chi connectivity index (χ2n) is 9.49. The van der Waals surface area contributed by atoms with Gasteiger partial charge in [0, 0.05) is 44.5 Å². The molecule has 2 saturated heterocycles. The largest absolute Gasteiger partial charge is 0.307 e. The maximum atomic E-state index is 3.63. The molecule has 0 bridgehead atoms. The van der Waals surface area contributed by atoms with E-state index >= 15 is 0 Å². The molecule has 3 heteroatoms. The van der Waals surface area contributed by atoms with Crippen LogP contribution in [0.2, 0.25) is 0 Å². The molecular weight excluding hydrogens is 441 g/mol. The minimum atomic E-state index is 0. The Balaban J connectivity index is 0.000000364. The summed E-state index contributed by atoms with van der Waals surface area (Å²) in [5, 5.41) is 7.26. The van der Waals surface area contributed by atoms with Gasteiger partial charge in [-0.1, -0.05) is 0 Å². The van der Waals surface area contributed by atoms with Crippen molar-refractivity contribution >= 4 is 0 Å². The van der Waals surface area contributed by atoms with E-state index in [4.69, 9.17) is 0 Å². The van der Waals surface area contributed by atoms with E-state index in [1.165, 1.54) is 38.5 Å². The van der Waals surface area contributed by atoms with Gasteiger partial charge in [-0.25, -0.2) is 0 Å². The SMILES string of the molecule is CC1(C)CCCC(C)(C)N1.CC1(C)CCCC(C)(C)N1.[Au]. The zero-order valence-corrected chi connectivity index (χ0v) is 17.7. The Morgan fingerprint density at radius 2 is 0.667 bits per heavy atom. The third-order valence-electron chi connectivity index (χ3n) is 4.56. The van der Waals surface area contributed by atoms with Crippen molar-refractivity contribution in [3.05, 3.63) is 0 Å². The molecule has 131 valence electrons. The van der Waals surface area contributed by atoms with Crippen LogP contribution in [0.15, 0.2) is 0 Å². The maximum Gasteiger partial charge on any atom is 0.0130 e. The molecule has 2 fully saturated rings. The van der Waals surface area contributed by atoms with Crippen LogP contribution in [0.4, 0.5) is 0 Å². The fourth-order valence-electron chi connectivity index (χ4n) is 4.03. The van der Waals surface area contributed by atoms with Crippen LogP contribution in [-0.2, 0) is 22.4 Å². The van der Waals surface area contributed by atoms with Crippen molar-refractivity contribution in [2.75, 3.05) is 0 Å². The molecule has 0 unspecified atom stereocenters. The Hall–Kier alpha value is 0.660. The normalized spacial score (nSPS) is 28.6. The Morgan fingerprint density at radius 1 is 0.476 bits per heavy atom. The Bertz CT molecular complexity index is 259. The number of nitrogens with one attached hydrogen (secondary N) is 2. The molecule has 2 nitrogen and oxygen atoms in total. The van der Waals surface area contributed by atoms with E-state index in [2.05, 4.69) is 66.0 Å². The predicted molar refractivity (Wildman–Crippen MR) is 90.3 cm³/mol. The fraction of sp³-hybridized carbons (Fsp3) is 1.00. The summed E-state index contributed by atoms with van der Waals surface area (Å²) in [6, 6.07) is 0. The van der Waals surface area contributed by atoms with Crippen molar-refractivity contribution in [3.8, 4) is 0 Å². The Labute approximate surface area is 149 Å². The van der Waals surface area contributed by atoms with Gasteiger partial charge in [0.15, 0.2) is 0 Å². The van der Waals surface area contributed by atoms with Gasteiger partial charge in [0.2, 0.25) is 0 Å². The molecule has 0 atom stereocenters. The summed E-state index contributed by atoms with van der Waals surface area (Å²) in [7, 11) is 0. The van der Waals surface area contributed by atoms with Crippen LogP contribution in [0.3, 0.4) is 0 Å². The molecule has 1 radical (unpaired) electrons. The van der Waals surface area contributed by atoms with Gasteiger partial charge >= 0.3 is 0 Å². The minimum absolute atomic E-state index is 0. The fourth-order valence-corrected chi connectivity index (χ4v) is 4.03. The van der Waals surface area contributed by atoms with Gasteiger partial charge in [-0.3, -0.25) is 0 Å². The molecule has 2 aliphatic rings. The van der Waals surface area contributed by atoms with Gasteiger partial charge in [-0.05, 0) is 93.9 Å². The maximum absolute atomic E-state index is 3.63. The predicted octanol–water partition coefficient (Wildman–Crippen LogP) is 4.63. The van der Waals surface area contributed by atoms with Crippen LogP contribution in [0.25, 0.3) is 0 Å². The van der Waals surface area contributed by atoms with Crippen LogP contribution in [0.1, 0.15) is 93.9 Å². The molecule has 0 saturated carbocycles. The van der Waals surface area contributed by atoms with E-state index in [0.29, 0.717) is 22.2 Å². The van der Waals surface area contributed by atoms with E-state index < -0.39 is 0 Å². The topological polar surface area (TPSA) is 24.1 Å². The summed E-state index contributed by atoms with van der Waals surface area (Å²) in [6.45, 7) is 18.3. The first-order chi connectivity index (χ1) is 8.83. The quantitative estimate of drug-likeness (QED) is 0.495. The standard InChI is InChI=1S/2C9H19N.Au/c2*1-8(2)6-5-7-9(3,4)10-8;/h2*10H,5-7H2,1-4H3;. The molecule has 0 aromatic carbocycles. The number of piperidine rings is 2. The first-order valence-electron chi connectivity index (χ1n) is 8.41. The second-order valence-corrected chi connectivity index (χ2v) is 9.49. The summed E-state index contributed by atoms with van der Waals surface area (Å²) in [6.07, 6.45) is 8.00. The molecule has 0 spiro atoms. The second kappa shape index (κ2) is 7.49. The van der Waals surface area contributed by atoms with E-state index in [9.17, 15) is 0 Å². The van der Waals surface area contributed by atoms with E-state index in [0.717, 1.165) is 0 Å². The first-order valence-corrected chi connectivity index (χ1v) is 8.41. The molecule has 2 N–H and O–H groups in total. The van der Waals surface area contributed by atoms with Gasteiger partial charge in [-0.2, -0.15) is 0 Å². The van der Waals surface area contributed by atoms with Gasteiger partial charge in [0.1, 0.15) is 0 Å². The Morgan fingerprint density at radius 3 is 0.762 bits per heavy atom. The number of rotatable bonds is 0. The van der Waals surface area contributed by atoms with Crippen molar-refractivity contribution in [1.82, 2.24) is 10.6 Å². The van der Waals surface area contributed by atoms with Crippen LogP contribution in [-0.4, -0.2) is 22.2 Å². The zero-order valence-electron chi connectivity index (χ0n) is 15.5. The molecule has 0 aromatic rings. The average Bonchev–Trinajstić information content (AvgIpc) is 2.09. The van der Waals surface area contributed by atoms with Crippen molar-refractivity contribution in [2.24, 2.45) is 0 Å². The van der Waals surface area contributed by atoms with Crippen LogP contribution >= 0.6 is 0 Å². The third-order valence-corrected chi connectivity index (χ3v) is 4.56. The van der Waals surface area contributed by atoms with Crippen molar-refractivity contribution in [2.45, 2.75) is 116 Å². The molecule has 0 aromatic heterocycles. The minimum Gasteiger partial charge on any atom is -0.307 e. The number of hydrogen-bond acceptors (Lipinski definition) is 2. The Kier molecular flexibility index (Phi) is 7.72. The molecule has 21 heavy (non-hydrogen) atoms. The smallest absolute Gasteiger partial charge is 0.0130 e. The van der Waals surface area contributed by atoms with Crippen LogP contribution in [0, 0.1) is 0 Å². The average molecular weight is 479 g/mol. The molecule has 0 aliphatic carbocycles. The monoisotopic (exact) mass is 479 g/mol. The van der Waals surface area contributed by atoms with Crippen LogP contribution in [0.5, 0.6) is 0 Å². The molecule has 0 amide bonds. The summed E-state index contributed by atoms with van der Waals surface area (Å²) in [5.74, 6) is 0. The summed E-state index contributed by atoms with van der Waals surface area (Å²) < 4.78 is 0. The molecule has 2 rings (SSSR count). The molecule has 2 aliphatic heterocycles. The third kappa shape index (κ3) is 8.76. The van der Waals surface area contributed by atoms with E-state index in [-0.39, 0.29) is 22.4 Å². The van der Waals surface area contributed by atoms with Crippen LogP contribution < -0.4 is 10.6 Å². The zero-order chi connectivity index (χ0) is 15.7. The van der Waals surface area contributed by atoms with E-state index in [1.54, 1.807) is 0 Å². The van der Waals surface area contributed by atoms with Crippen molar-refractivity contribution in [1.29, 1.82) is 0 Å². The van der Waals surface area contributed by atoms with Crippen molar-refractivity contribution < 1.29 is 22.4 Å². The summed E-state index contributed by atoms with van der Waals surface area (Å²) in [5.41, 5.74) is 1.45. The summed E-state index contributed by atoms with van der Waals surface area (Å²) >= 11 is 0. The molecular formula is C18H38AuN2. The van der Waals surface area contributed by atoms with Gasteiger partial charge in [0.25, 0.3) is 0 Å². The first kappa shape index (κ1) is 21.7. The molecule has 2 heterocycles. The summed E-state index contributed by atoms with van der Waals surface area (Å²) in [4.78, 5) is 0. The van der Waals surface area contributed by atoms with Gasteiger partial charge in [0.05, 0.1) is 0 Å². The number of hydrogen-bond donors (Lipinski definition) is 2. The van der Waals surface area contributed by atoms with E-state index in [1.807, 2.05) is 0 Å².